The summed E-state index contributed by atoms with van der Waals surface area (Å²) in [6, 6.07) is 0. The van der Waals surface area contributed by atoms with Crippen molar-refractivity contribution in [2.75, 3.05) is 0 Å². The molecular weight excluding hydrogens is 152 g/mol. The normalized spacial score (nSPS) is 22.2. The molecule has 0 nitrogen and oxygen atoms in total. The van der Waals surface area contributed by atoms with E-state index in [4.69, 9.17) is 0 Å². The third kappa shape index (κ3) is 1.70. The molecule has 62 valence electrons. The van der Waals surface area contributed by atoms with Crippen LogP contribution in [0.25, 0.3) is 0 Å². The van der Waals surface area contributed by atoms with Gasteiger partial charge in [-0.2, -0.15) is 0 Å². The predicted octanol–water partition coefficient (Wildman–Crippen LogP) is 3.81. The average Bonchev–Trinajstić information content (AvgIpc) is 1.87. The third-order valence-corrected chi connectivity index (χ3v) is 3.19. The Kier molecular flexibility index (Phi) is 2.19. The molecule has 0 saturated carbocycles. The van der Waals surface area contributed by atoms with Crippen molar-refractivity contribution >= 4 is 11.8 Å². The van der Waals surface area contributed by atoms with Gasteiger partial charge in [-0.05, 0) is 16.2 Å². The minimum absolute atomic E-state index is 0.234. The summed E-state index contributed by atoms with van der Waals surface area (Å²) < 4.78 is 0. The van der Waals surface area contributed by atoms with E-state index in [1.807, 2.05) is 0 Å². The van der Waals surface area contributed by atoms with Crippen LogP contribution in [0.4, 0.5) is 0 Å². The van der Waals surface area contributed by atoms with Gasteiger partial charge in [0, 0.05) is 5.41 Å². The zero-order valence-corrected chi connectivity index (χ0v) is 8.53. The quantitative estimate of drug-likeness (QED) is 0.530. The minimum atomic E-state index is 0.234. The van der Waals surface area contributed by atoms with Crippen LogP contribution in [0.1, 0.15) is 27.7 Å². The molecule has 0 N–H and O–H groups in total. The Hall–Kier alpha value is -0.170. The van der Waals surface area contributed by atoms with Crippen LogP contribution in [0, 0.1) is 10.8 Å². The van der Waals surface area contributed by atoms with E-state index in [9.17, 15) is 0 Å². The highest BCUT2D eigenvalue weighted by Gasteiger charge is 2.33. The maximum Gasteiger partial charge on any atom is 0.00976 e. The Morgan fingerprint density at radius 1 is 1.09 bits per heavy atom. The van der Waals surface area contributed by atoms with Crippen molar-refractivity contribution in [3.05, 3.63) is 23.0 Å². The van der Waals surface area contributed by atoms with Gasteiger partial charge in [0.05, 0.1) is 0 Å². The van der Waals surface area contributed by atoms with Gasteiger partial charge in [-0.1, -0.05) is 39.8 Å². The fourth-order valence-electron chi connectivity index (χ4n) is 0.962. The summed E-state index contributed by atoms with van der Waals surface area (Å²) in [5, 5.41) is 4.34. The van der Waals surface area contributed by atoms with Crippen LogP contribution < -0.4 is 0 Å². The van der Waals surface area contributed by atoms with Crippen LogP contribution in [0.5, 0.6) is 0 Å². The highest BCUT2D eigenvalue weighted by Crippen LogP contribution is 2.43. The Morgan fingerprint density at radius 3 is 1.82 bits per heavy atom. The fourth-order valence-corrected chi connectivity index (χ4v) is 1.78. The molecule has 0 unspecified atom stereocenters. The largest absolute Gasteiger partial charge is 0.107 e. The molecule has 0 aromatic carbocycles. The molecule has 11 heavy (non-hydrogen) atoms. The maximum atomic E-state index is 2.29. The molecule has 1 heteroatoms. The van der Waals surface area contributed by atoms with Crippen LogP contribution in [0.3, 0.4) is 0 Å². The summed E-state index contributed by atoms with van der Waals surface area (Å²) >= 11 is 1.75. The molecule has 1 heterocycles. The molecule has 0 atom stereocenters. The van der Waals surface area contributed by atoms with Crippen molar-refractivity contribution in [2.45, 2.75) is 27.7 Å². The highest BCUT2D eigenvalue weighted by atomic mass is 32.2. The molecule has 0 radical (unpaired) electrons. The zero-order valence-electron chi connectivity index (χ0n) is 7.72. The number of hydrogen-bond acceptors (Lipinski definition) is 1. The molecule has 0 spiro atoms. The lowest BCUT2D eigenvalue weighted by Gasteiger charge is -2.38. The van der Waals surface area contributed by atoms with E-state index < -0.39 is 0 Å². The molecule has 0 aromatic heterocycles. The van der Waals surface area contributed by atoms with E-state index in [1.165, 1.54) is 0 Å². The van der Waals surface area contributed by atoms with Gasteiger partial charge < -0.3 is 0 Å². The van der Waals surface area contributed by atoms with Crippen LogP contribution in [0.15, 0.2) is 23.0 Å². The lowest BCUT2D eigenvalue weighted by atomic mass is 9.68. The Morgan fingerprint density at radius 2 is 1.55 bits per heavy atom. The van der Waals surface area contributed by atoms with E-state index in [1.54, 1.807) is 11.8 Å². The first kappa shape index (κ1) is 8.92. The number of allylic oxidation sites excluding steroid dienone is 2. The van der Waals surface area contributed by atoms with E-state index >= 15 is 0 Å². The van der Waals surface area contributed by atoms with Gasteiger partial charge in [0.25, 0.3) is 0 Å². The van der Waals surface area contributed by atoms with Crippen LogP contribution in [-0.4, -0.2) is 0 Å². The molecule has 0 bridgehead atoms. The first-order chi connectivity index (χ1) is 4.96. The minimum Gasteiger partial charge on any atom is -0.107 e. The number of thioether (sulfide) groups is 1. The average molecular weight is 168 g/mol. The van der Waals surface area contributed by atoms with Gasteiger partial charge in [0.2, 0.25) is 0 Å². The van der Waals surface area contributed by atoms with Gasteiger partial charge in [-0.3, -0.25) is 0 Å². The second kappa shape index (κ2) is 2.71. The van der Waals surface area contributed by atoms with Gasteiger partial charge in [0.1, 0.15) is 0 Å². The molecule has 1 aliphatic rings. The monoisotopic (exact) mass is 168 g/mol. The van der Waals surface area contributed by atoms with E-state index in [0.717, 1.165) is 0 Å². The summed E-state index contributed by atoms with van der Waals surface area (Å²) in [4.78, 5) is 0. The van der Waals surface area contributed by atoms with Crippen molar-refractivity contribution in [3.63, 3.8) is 0 Å². The van der Waals surface area contributed by atoms with Crippen molar-refractivity contribution < 1.29 is 0 Å². The van der Waals surface area contributed by atoms with Crippen LogP contribution in [-0.2, 0) is 0 Å². The first-order valence-corrected chi connectivity index (χ1v) is 4.91. The predicted molar refractivity (Wildman–Crippen MR) is 53.4 cm³/mol. The number of hydrogen-bond donors (Lipinski definition) is 0. The topological polar surface area (TPSA) is 0 Å². The van der Waals surface area contributed by atoms with Crippen LogP contribution in [0.2, 0.25) is 0 Å². The van der Waals surface area contributed by atoms with Crippen molar-refractivity contribution in [1.29, 1.82) is 0 Å². The van der Waals surface area contributed by atoms with Crippen molar-refractivity contribution in [2.24, 2.45) is 10.8 Å². The lowest BCUT2D eigenvalue weighted by Crippen LogP contribution is -2.29. The van der Waals surface area contributed by atoms with E-state index in [-0.39, 0.29) is 5.41 Å². The molecule has 1 rings (SSSR count). The zero-order chi connectivity index (χ0) is 8.54. The van der Waals surface area contributed by atoms with Crippen molar-refractivity contribution in [3.8, 4) is 0 Å². The van der Waals surface area contributed by atoms with Crippen LogP contribution >= 0.6 is 11.8 Å². The molecule has 1 aliphatic heterocycles. The Labute approximate surface area is 73.8 Å². The molecular formula is C10H16S. The summed E-state index contributed by atoms with van der Waals surface area (Å²) in [6.07, 6.45) is 4.58. The molecule has 0 aromatic rings. The van der Waals surface area contributed by atoms with E-state index in [0.29, 0.717) is 5.41 Å². The van der Waals surface area contributed by atoms with Gasteiger partial charge in [0.15, 0.2) is 0 Å². The third-order valence-electron chi connectivity index (χ3n) is 2.60. The van der Waals surface area contributed by atoms with Crippen molar-refractivity contribution in [1.82, 2.24) is 0 Å². The maximum absolute atomic E-state index is 2.29. The smallest absolute Gasteiger partial charge is 0.00976 e. The number of rotatable bonds is 0. The second-order valence-electron chi connectivity index (χ2n) is 4.27. The van der Waals surface area contributed by atoms with Gasteiger partial charge >= 0.3 is 0 Å². The Balaban J connectivity index is 2.90. The molecule has 0 saturated heterocycles. The standard InChI is InChI=1S/C10H16S/c1-9(2,3)10(4)5-7-11-8-6-10/h5-8H,1-4H3. The van der Waals surface area contributed by atoms with Gasteiger partial charge in [-0.15, -0.1) is 11.8 Å². The lowest BCUT2D eigenvalue weighted by molar-refractivity contribution is 0.228. The molecule has 0 amide bonds. The summed E-state index contributed by atoms with van der Waals surface area (Å²) in [6.45, 7) is 9.10. The second-order valence-corrected chi connectivity index (χ2v) is 5.09. The SMILES string of the molecule is CC(C)(C)C1(C)C=CSC=C1. The molecule has 0 fully saturated rings. The summed E-state index contributed by atoms with van der Waals surface area (Å²) in [5.41, 5.74) is 0.555. The highest BCUT2D eigenvalue weighted by molar-refractivity contribution is 8.04. The summed E-state index contributed by atoms with van der Waals surface area (Å²) in [7, 11) is 0. The van der Waals surface area contributed by atoms with E-state index in [2.05, 4.69) is 50.7 Å². The van der Waals surface area contributed by atoms with Gasteiger partial charge in [-0.25, -0.2) is 0 Å². The molecule has 0 aliphatic carbocycles. The fraction of sp³-hybridized carbons (Fsp3) is 0.600. The Bertz CT molecular complexity index is 181. The summed E-state index contributed by atoms with van der Waals surface area (Å²) in [5.74, 6) is 0. The first-order valence-electron chi connectivity index (χ1n) is 3.97.